The van der Waals surface area contributed by atoms with Crippen LogP contribution >= 0.6 is 0 Å². The number of likely N-dealkylation sites (tertiary alicyclic amines) is 1. The van der Waals surface area contributed by atoms with Crippen LogP contribution in [-0.2, 0) is 0 Å². The van der Waals surface area contributed by atoms with E-state index in [0.29, 0.717) is 5.92 Å². The van der Waals surface area contributed by atoms with E-state index in [2.05, 4.69) is 23.9 Å². The minimum absolute atomic E-state index is 0.0440. The van der Waals surface area contributed by atoms with E-state index >= 15 is 0 Å². The molecule has 3 atom stereocenters. The molecular formula is C14H28N2O. The molecule has 100 valence electrons. The molecule has 0 aromatic heterocycles. The van der Waals surface area contributed by atoms with Gasteiger partial charge >= 0.3 is 0 Å². The molecule has 0 radical (unpaired) electrons. The fourth-order valence-corrected chi connectivity index (χ4v) is 3.49. The van der Waals surface area contributed by atoms with Crippen molar-refractivity contribution in [1.29, 1.82) is 0 Å². The van der Waals surface area contributed by atoms with E-state index in [0.717, 1.165) is 18.9 Å². The average Bonchev–Trinajstić information content (AvgIpc) is 2.67. The zero-order valence-corrected chi connectivity index (χ0v) is 11.4. The first-order valence-electron chi connectivity index (χ1n) is 7.20. The van der Waals surface area contributed by atoms with Crippen LogP contribution in [0.4, 0.5) is 0 Å². The third-order valence-corrected chi connectivity index (χ3v) is 4.47. The smallest absolute Gasteiger partial charge is 0.0580 e. The van der Waals surface area contributed by atoms with Gasteiger partial charge in [-0.1, -0.05) is 12.8 Å². The molecule has 1 saturated heterocycles. The van der Waals surface area contributed by atoms with Gasteiger partial charge in [-0.25, -0.2) is 0 Å². The number of rotatable bonds is 4. The van der Waals surface area contributed by atoms with E-state index in [1.54, 1.807) is 0 Å². The van der Waals surface area contributed by atoms with Crippen LogP contribution in [0.3, 0.4) is 0 Å². The molecule has 1 heterocycles. The second-order valence-electron chi connectivity index (χ2n) is 6.25. The normalized spacial score (nSPS) is 35.6. The Balaban J connectivity index is 1.70. The van der Waals surface area contributed by atoms with E-state index < -0.39 is 0 Å². The molecule has 1 saturated carbocycles. The Morgan fingerprint density at radius 1 is 1.18 bits per heavy atom. The van der Waals surface area contributed by atoms with Gasteiger partial charge in [-0.15, -0.1) is 0 Å². The number of hydrogen-bond donors (Lipinski definition) is 1. The minimum atomic E-state index is -0.0440. The fourth-order valence-electron chi connectivity index (χ4n) is 3.49. The molecule has 1 aliphatic heterocycles. The number of hydrogen-bond acceptors (Lipinski definition) is 3. The molecule has 0 amide bonds. The van der Waals surface area contributed by atoms with Crippen molar-refractivity contribution >= 4 is 0 Å². The Bertz CT molecular complexity index is 234. The molecule has 2 rings (SSSR count). The summed E-state index contributed by atoms with van der Waals surface area (Å²) in [6, 6.07) is 0. The minimum Gasteiger partial charge on any atom is -0.393 e. The monoisotopic (exact) mass is 240 g/mol. The van der Waals surface area contributed by atoms with Crippen LogP contribution in [0.1, 0.15) is 32.1 Å². The van der Waals surface area contributed by atoms with Crippen LogP contribution in [-0.4, -0.2) is 61.3 Å². The predicted octanol–water partition coefficient (Wildman–Crippen LogP) is 1.42. The largest absolute Gasteiger partial charge is 0.393 e. The van der Waals surface area contributed by atoms with E-state index in [1.165, 1.54) is 45.3 Å². The summed E-state index contributed by atoms with van der Waals surface area (Å²) in [4.78, 5) is 4.87. The van der Waals surface area contributed by atoms with Gasteiger partial charge in [-0.05, 0) is 51.7 Å². The molecule has 2 aliphatic rings. The van der Waals surface area contributed by atoms with E-state index in [1.807, 2.05) is 0 Å². The summed E-state index contributed by atoms with van der Waals surface area (Å²) < 4.78 is 0. The zero-order chi connectivity index (χ0) is 12.3. The van der Waals surface area contributed by atoms with Gasteiger partial charge in [0, 0.05) is 19.6 Å². The van der Waals surface area contributed by atoms with Crippen LogP contribution in [0.15, 0.2) is 0 Å². The SMILES string of the molecule is CN1CCC(CN(C)CC2CCCCC2O)C1. The van der Waals surface area contributed by atoms with E-state index in [4.69, 9.17) is 0 Å². The Morgan fingerprint density at radius 2 is 1.94 bits per heavy atom. The van der Waals surface area contributed by atoms with Gasteiger partial charge in [0.1, 0.15) is 0 Å². The van der Waals surface area contributed by atoms with Crippen molar-refractivity contribution in [3.05, 3.63) is 0 Å². The molecule has 17 heavy (non-hydrogen) atoms. The summed E-state index contributed by atoms with van der Waals surface area (Å²) in [5.41, 5.74) is 0. The number of nitrogens with zero attached hydrogens (tertiary/aromatic N) is 2. The third kappa shape index (κ3) is 3.94. The maximum Gasteiger partial charge on any atom is 0.0580 e. The topological polar surface area (TPSA) is 26.7 Å². The fraction of sp³-hybridized carbons (Fsp3) is 1.00. The Hall–Kier alpha value is -0.120. The summed E-state index contributed by atoms with van der Waals surface area (Å²) in [5.74, 6) is 1.36. The van der Waals surface area contributed by atoms with Gasteiger partial charge in [0.2, 0.25) is 0 Å². The Morgan fingerprint density at radius 3 is 2.59 bits per heavy atom. The Kier molecular flexibility index (Phi) is 4.83. The van der Waals surface area contributed by atoms with Gasteiger partial charge < -0.3 is 14.9 Å². The molecule has 3 nitrogen and oxygen atoms in total. The maximum atomic E-state index is 9.99. The number of aliphatic hydroxyl groups excluding tert-OH is 1. The summed E-state index contributed by atoms with van der Waals surface area (Å²) in [7, 11) is 4.44. The maximum absolute atomic E-state index is 9.99. The van der Waals surface area contributed by atoms with E-state index in [-0.39, 0.29) is 6.10 Å². The van der Waals surface area contributed by atoms with Crippen LogP contribution in [0.2, 0.25) is 0 Å². The second-order valence-corrected chi connectivity index (χ2v) is 6.25. The first-order valence-corrected chi connectivity index (χ1v) is 7.20. The molecule has 1 aliphatic carbocycles. The lowest BCUT2D eigenvalue weighted by Gasteiger charge is -2.32. The van der Waals surface area contributed by atoms with Crippen molar-refractivity contribution in [2.45, 2.75) is 38.2 Å². The highest BCUT2D eigenvalue weighted by Gasteiger charge is 2.26. The van der Waals surface area contributed by atoms with Crippen molar-refractivity contribution < 1.29 is 5.11 Å². The molecule has 0 bridgehead atoms. The van der Waals surface area contributed by atoms with Gasteiger partial charge in [-0.2, -0.15) is 0 Å². The molecule has 0 aromatic rings. The Labute approximate surface area is 106 Å². The molecule has 3 unspecified atom stereocenters. The van der Waals surface area contributed by atoms with Crippen LogP contribution in [0.5, 0.6) is 0 Å². The second kappa shape index (κ2) is 6.17. The highest BCUT2D eigenvalue weighted by atomic mass is 16.3. The van der Waals surface area contributed by atoms with Gasteiger partial charge in [0.15, 0.2) is 0 Å². The first kappa shape index (κ1) is 13.3. The summed E-state index contributed by atoms with van der Waals surface area (Å²) in [5, 5.41) is 9.99. The molecule has 1 N–H and O–H groups in total. The van der Waals surface area contributed by atoms with Crippen LogP contribution in [0.25, 0.3) is 0 Å². The quantitative estimate of drug-likeness (QED) is 0.805. The molecule has 2 fully saturated rings. The van der Waals surface area contributed by atoms with Crippen LogP contribution in [0, 0.1) is 11.8 Å². The summed E-state index contributed by atoms with van der Waals surface area (Å²) >= 11 is 0. The molecular weight excluding hydrogens is 212 g/mol. The molecule has 0 aromatic carbocycles. The zero-order valence-electron chi connectivity index (χ0n) is 11.4. The predicted molar refractivity (Wildman–Crippen MR) is 71.1 cm³/mol. The van der Waals surface area contributed by atoms with Crippen LogP contribution < -0.4 is 0 Å². The summed E-state index contributed by atoms with van der Waals surface area (Å²) in [6.07, 6.45) is 6.06. The van der Waals surface area contributed by atoms with Gasteiger partial charge in [-0.3, -0.25) is 0 Å². The molecule has 3 heteroatoms. The lowest BCUT2D eigenvalue weighted by atomic mass is 9.86. The van der Waals surface area contributed by atoms with Crippen molar-refractivity contribution in [1.82, 2.24) is 9.80 Å². The standard InChI is InChI=1S/C14H28N2O/c1-15-8-7-12(9-15)10-16(2)11-13-5-3-4-6-14(13)17/h12-14,17H,3-11H2,1-2H3. The van der Waals surface area contributed by atoms with Gasteiger partial charge in [0.25, 0.3) is 0 Å². The van der Waals surface area contributed by atoms with Crippen molar-refractivity contribution in [2.24, 2.45) is 11.8 Å². The van der Waals surface area contributed by atoms with Crippen molar-refractivity contribution in [3.8, 4) is 0 Å². The highest BCUT2D eigenvalue weighted by molar-refractivity contribution is 4.79. The first-order chi connectivity index (χ1) is 8.15. The number of aliphatic hydroxyl groups is 1. The summed E-state index contributed by atoms with van der Waals surface area (Å²) in [6.45, 7) is 4.79. The van der Waals surface area contributed by atoms with Crippen molar-refractivity contribution in [3.63, 3.8) is 0 Å². The van der Waals surface area contributed by atoms with Crippen molar-refractivity contribution in [2.75, 3.05) is 40.3 Å². The lowest BCUT2D eigenvalue weighted by Crippen LogP contribution is -2.37. The van der Waals surface area contributed by atoms with Gasteiger partial charge in [0.05, 0.1) is 6.10 Å². The lowest BCUT2D eigenvalue weighted by molar-refractivity contribution is 0.0490. The average molecular weight is 240 g/mol. The molecule has 0 spiro atoms. The van der Waals surface area contributed by atoms with E-state index in [9.17, 15) is 5.11 Å². The highest BCUT2D eigenvalue weighted by Crippen LogP contribution is 2.25. The third-order valence-electron chi connectivity index (χ3n) is 4.47.